The predicted molar refractivity (Wildman–Crippen MR) is 153 cm³/mol. The third-order valence-electron chi connectivity index (χ3n) is 6.89. The van der Waals surface area contributed by atoms with Crippen molar-refractivity contribution in [2.45, 2.75) is 25.8 Å². The maximum absolute atomic E-state index is 13.4. The lowest BCUT2D eigenvalue weighted by molar-refractivity contribution is -0.143. The molecule has 7 nitrogen and oxygen atoms in total. The van der Waals surface area contributed by atoms with Crippen LogP contribution in [-0.4, -0.2) is 54.4 Å². The van der Waals surface area contributed by atoms with E-state index >= 15 is 0 Å². The fraction of sp³-hybridized carbons (Fsp3) is 0.333. The lowest BCUT2D eigenvalue weighted by Crippen LogP contribution is -2.55. The van der Waals surface area contributed by atoms with Gasteiger partial charge >= 0.3 is 0 Å². The van der Waals surface area contributed by atoms with Crippen molar-refractivity contribution in [3.05, 3.63) is 82.3 Å². The molecule has 1 saturated heterocycles. The van der Waals surface area contributed by atoms with Gasteiger partial charge in [-0.15, -0.1) is 0 Å². The predicted octanol–water partition coefficient (Wildman–Crippen LogP) is 6.25. The van der Waals surface area contributed by atoms with Gasteiger partial charge in [0, 0.05) is 36.2 Å². The first-order valence-electron chi connectivity index (χ1n) is 13.2. The number of nitrogens with zero attached hydrogens (tertiary/aromatic N) is 2. The van der Waals surface area contributed by atoms with E-state index in [0.29, 0.717) is 59.2 Å². The van der Waals surface area contributed by atoms with Crippen LogP contribution in [0.15, 0.2) is 66.7 Å². The highest BCUT2D eigenvalue weighted by molar-refractivity contribution is 6.31. The van der Waals surface area contributed by atoms with Gasteiger partial charge < -0.3 is 19.7 Å². The molecule has 0 aliphatic carbocycles. The molecule has 0 aromatic heterocycles. The molecule has 2 aliphatic rings. The number of anilines is 1. The molecule has 9 heteroatoms. The molecule has 0 spiro atoms. The van der Waals surface area contributed by atoms with Crippen molar-refractivity contribution in [1.82, 2.24) is 9.80 Å². The Balaban J connectivity index is 1.27. The van der Waals surface area contributed by atoms with Crippen LogP contribution >= 0.6 is 23.2 Å². The van der Waals surface area contributed by atoms with Crippen LogP contribution in [0, 0.1) is 5.92 Å². The first-order chi connectivity index (χ1) is 18.9. The molecule has 1 fully saturated rings. The summed E-state index contributed by atoms with van der Waals surface area (Å²) in [4.78, 5) is 30.5. The van der Waals surface area contributed by atoms with E-state index in [0.717, 1.165) is 31.4 Å². The number of amides is 2. The van der Waals surface area contributed by atoms with Gasteiger partial charge in [-0.1, -0.05) is 47.5 Å². The minimum atomic E-state index is -0.299. The fourth-order valence-corrected chi connectivity index (χ4v) is 5.11. The van der Waals surface area contributed by atoms with Gasteiger partial charge in [0.05, 0.1) is 24.8 Å². The molecule has 2 aliphatic heterocycles. The van der Waals surface area contributed by atoms with Crippen LogP contribution in [0.3, 0.4) is 0 Å². The van der Waals surface area contributed by atoms with Gasteiger partial charge in [-0.05, 0) is 67.3 Å². The molecule has 39 heavy (non-hydrogen) atoms. The van der Waals surface area contributed by atoms with Gasteiger partial charge in [0.15, 0.2) is 17.2 Å². The fourth-order valence-electron chi connectivity index (χ4n) is 4.82. The molecule has 2 heterocycles. The third kappa shape index (κ3) is 7.24. The van der Waals surface area contributed by atoms with E-state index in [-0.39, 0.29) is 24.3 Å². The summed E-state index contributed by atoms with van der Waals surface area (Å²) in [6, 6.07) is 20.2. The number of carbonyl (C=O) groups is 2. The number of hydrogen-bond acceptors (Lipinski definition) is 5. The van der Waals surface area contributed by atoms with Crippen LogP contribution in [0.25, 0.3) is 0 Å². The number of hydrogen-bond donors (Lipinski definition) is 1. The highest BCUT2D eigenvalue weighted by Gasteiger charge is 2.35. The highest BCUT2D eigenvalue weighted by Crippen LogP contribution is 2.36. The zero-order valence-corrected chi connectivity index (χ0v) is 23.1. The third-order valence-corrected chi connectivity index (χ3v) is 7.37. The quantitative estimate of drug-likeness (QED) is 0.405. The maximum Gasteiger partial charge on any atom is 0.244 e. The van der Waals surface area contributed by atoms with Crippen LogP contribution in [0.1, 0.15) is 24.8 Å². The Morgan fingerprint density at radius 2 is 1.64 bits per heavy atom. The van der Waals surface area contributed by atoms with Crippen LogP contribution in [0.2, 0.25) is 10.0 Å². The van der Waals surface area contributed by atoms with Crippen LogP contribution in [0.4, 0.5) is 5.69 Å². The zero-order valence-electron chi connectivity index (χ0n) is 21.6. The van der Waals surface area contributed by atoms with Crippen molar-refractivity contribution in [2.24, 2.45) is 5.92 Å². The first-order valence-corrected chi connectivity index (χ1v) is 13.9. The second kappa shape index (κ2) is 12.7. The zero-order chi connectivity index (χ0) is 27.2. The van der Waals surface area contributed by atoms with E-state index in [1.165, 1.54) is 0 Å². The molecule has 0 unspecified atom stereocenters. The number of fused-ring (bicyclic) bond motifs is 2. The molecule has 0 saturated carbocycles. The highest BCUT2D eigenvalue weighted by atomic mass is 35.5. The van der Waals surface area contributed by atoms with Crippen molar-refractivity contribution in [3.8, 4) is 17.2 Å². The van der Waals surface area contributed by atoms with E-state index in [9.17, 15) is 9.59 Å². The number of carbonyl (C=O) groups excluding carboxylic acids is 2. The summed E-state index contributed by atoms with van der Waals surface area (Å²) in [6.07, 6.45) is 2.48. The monoisotopic (exact) mass is 567 g/mol. The van der Waals surface area contributed by atoms with Gasteiger partial charge in [-0.2, -0.15) is 0 Å². The van der Waals surface area contributed by atoms with E-state index in [2.05, 4.69) is 10.2 Å². The second-order valence-electron chi connectivity index (χ2n) is 9.92. The molecular weight excluding hydrogens is 537 g/mol. The molecule has 204 valence electrons. The average molecular weight is 569 g/mol. The van der Waals surface area contributed by atoms with Gasteiger partial charge in [-0.25, -0.2) is 0 Å². The second-order valence-corrected chi connectivity index (χ2v) is 10.8. The molecule has 0 radical (unpaired) electrons. The molecule has 3 aromatic rings. The summed E-state index contributed by atoms with van der Waals surface area (Å²) < 4.78 is 12.1. The van der Waals surface area contributed by atoms with Crippen molar-refractivity contribution >= 4 is 40.7 Å². The van der Waals surface area contributed by atoms with Gasteiger partial charge in [-0.3, -0.25) is 14.5 Å². The van der Waals surface area contributed by atoms with Crippen molar-refractivity contribution in [1.29, 1.82) is 0 Å². The van der Waals surface area contributed by atoms with E-state index in [1.54, 1.807) is 23.1 Å². The molecule has 0 atom stereocenters. The van der Waals surface area contributed by atoms with E-state index < -0.39 is 0 Å². The smallest absolute Gasteiger partial charge is 0.244 e. The number of likely N-dealkylation sites (tertiary alicyclic amines) is 1. The summed E-state index contributed by atoms with van der Waals surface area (Å²) in [5, 5.41) is 4.07. The van der Waals surface area contributed by atoms with Crippen LogP contribution < -0.4 is 14.8 Å². The van der Waals surface area contributed by atoms with Crippen molar-refractivity contribution in [3.63, 3.8) is 0 Å². The Labute approximate surface area is 238 Å². The number of nitrogens with one attached hydrogen (secondary N) is 1. The van der Waals surface area contributed by atoms with Gasteiger partial charge in [0.25, 0.3) is 0 Å². The Kier molecular flexibility index (Phi) is 8.91. The number of ether oxygens (including phenoxy) is 2. The van der Waals surface area contributed by atoms with Crippen molar-refractivity contribution in [2.75, 3.05) is 38.1 Å². The van der Waals surface area contributed by atoms with Crippen LogP contribution in [-0.2, 0) is 16.1 Å². The normalized spacial score (nSPS) is 17.3. The Bertz CT molecular complexity index is 1310. The summed E-state index contributed by atoms with van der Waals surface area (Å²) in [7, 11) is 0. The number of halogens is 2. The first kappa shape index (κ1) is 27.3. The minimum Gasteiger partial charge on any atom is -0.490 e. The summed E-state index contributed by atoms with van der Waals surface area (Å²) in [5.74, 6) is 1.20. The molecule has 0 bridgehead atoms. The molecular formula is C30H31Cl2N3O4. The Morgan fingerprint density at radius 1 is 0.897 bits per heavy atom. The summed E-state index contributed by atoms with van der Waals surface area (Å²) in [6.45, 7) is 3.10. The Hall–Kier alpha value is -3.26. The molecule has 5 rings (SSSR count). The summed E-state index contributed by atoms with van der Waals surface area (Å²) >= 11 is 12.2. The minimum absolute atomic E-state index is 0.00745. The maximum atomic E-state index is 13.4. The average Bonchev–Trinajstić information content (AvgIpc) is 2.90. The SMILES string of the molecule is O=C1CN(C(=O)C2CN(Cc3ccc(Cl)cc3)C2)CCCCCOc2ccccc2Oc2ccc(Cl)cc2N1. The van der Waals surface area contributed by atoms with Gasteiger partial charge in [0.2, 0.25) is 11.8 Å². The van der Waals surface area contributed by atoms with E-state index in [1.807, 2.05) is 48.5 Å². The van der Waals surface area contributed by atoms with E-state index in [4.69, 9.17) is 32.7 Å². The number of benzene rings is 3. The lowest BCUT2D eigenvalue weighted by Gasteiger charge is -2.40. The Morgan fingerprint density at radius 3 is 2.44 bits per heavy atom. The standard InChI is InChI=1S/C30H31Cl2N3O4/c31-23-10-8-21(9-11-23)17-34-18-22(19-34)30(37)35-14-4-1-5-15-38-27-6-2-3-7-28(27)39-26-13-12-24(32)16-25(26)33-29(36)20-35/h2-3,6-13,16,22H,1,4-5,14-15,17-20H2,(H,33,36). The molecule has 3 aromatic carbocycles. The molecule has 1 N–H and O–H groups in total. The number of rotatable bonds is 3. The largest absolute Gasteiger partial charge is 0.490 e. The van der Waals surface area contributed by atoms with Crippen LogP contribution in [0.5, 0.6) is 17.2 Å². The topological polar surface area (TPSA) is 71.1 Å². The van der Waals surface area contributed by atoms with Crippen molar-refractivity contribution < 1.29 is 19.1 Å². The number of para-hydroxylation sites is 2. The summed E-state index contributed by atoms with van der Waals surface area (Å²) in [5.41, 5.74) is 1.59. The van der Waals surface area contributed by atoms with Gasteiger partial charge in [0.1, 0.15) is 0 Å². The molecule has 2 amide bonds. The lowest BCUT2D eigenvalue weighted by atomic mass is 9.97.